The number of rotatable bonds is 2. The lowest BCUT2D eigenvalue weighted by atomic mass is 9.76. The van der Waals surface area contributed by atoms with Crippen molar-refractivity contribution in [2.24, 2.45) is 16.3 Å². The third-order valence-electron chi connectivity index (χ3n) is 3.51. The summed E-state index contributed by atoms with van der Waals surface area (Å²) in [4.78, 5) is 0. The molecule has 1 aromatic rings. The Morgan fingerprint density at radius 1 is 1.59 bits per heavy atom. The number of amidine groups is 1. The van der Waals surface area contributed by atoms with E-state index in [1.165, 1.54) is 5.69 Å². The maximum atomic E-state index is 8.79. The highest BCUT2D eigenvalue weighted by molar-refractivity contribution is 5.96. The van der Waals surface area contributed by atoms with Gasteiger partial charge in [-0.3, -0.25) is 4.68 Å². The van der Waals surface area contributed by atoms with Gasteiger partial charge in [0.15, 0.2) is 5.84 Å². The van der Waals surface area contributed by atoms with Gasteiger partial charge in [-0.2, -0.15) is 5.10 Å². The van der Waals surface area contributed by atoms with Gasteiger partial charge in [0.1, 0.15) is 5.69 Å². The van der Waals surface area contributed by atoms with E-state index in [1.807, 2.05) is 4.68 Å². The normalized spacial score (nSPS) is 19.1. The van der Waals surface area contributed by atoms with Crippen molar-refractivity contribution < 1.29 is 5.21 Å². The lowest BCUT2D eigenvalue weighted by molar-refractivity contribution is 0.304. The smallest absolute Gasteiger partial charge is 0.190 e. The second-order valence-electron chi connectivity index (χ2n) is 5.42. The highest BCUT2D eigenvalue weighted by atomic mass is 16.4. The van der Waals surface area contributed by atoms with Crippen LogP contribution in [-0.4, -0.2) is 20.8 Å². The molecule has 0 saturated carbocycles. The molecule has 0 radical (unpaired) electrons. The molecule has 1 aromatic heterocycles. The highest BCUT2D eigenvalue weighted by Gasteiger charge is 2.31. The summed E-state index contributed by atoms with van der Waals surface area (Å²) < 4.78 is 1.98. The first-order valence-corrected chi connectivity index (χ1v) is 6.05. The van der Waals surface area contributed by atoms with Crippen molar-refractivity contribution in [2.75, 3.05) is 0 Å². The Balaban J connectivity index is 2.51. The zero-order valence-electron chi connectivity index (χ0n) is 10.7. The van der Waals surface area contributed by atoms with E-state index < -0.39 is 0 Å². The minimum atomic E-state index is 0.119. The monoisotopic (exact) mass is 236 g/mol. The van der Waals surface area contributed by atoms with Crippen molar-refractivity contribution in [3.63, 3.8) is 0 Å². The van der Waals surface area contributed by atoms with Crippen molar-refractivity contribution in [3.05, 3.63) is 17.0 Å². The SMILES string of the molecule is CCn1nc(C(N)=NO)c2c1CC(C)(C)CC2. The average Bonchev–Trinajstić information content (AvgIpc) is 2.64. The number of hydrogen-bond donors (Lipinski definition) is 2. The van der Waals surface area contributed by atoms with Crippen molar-refractivity contribution in [1.29, 1.82) is 0 Å². The predicted molar refractivity (Wildman–Crippen MR) is 66.2 cm³/mol. The van der Waals surface area contributed by atoms with E-state index in [9.17, 15) is 0 Å². The molecule has 1 aliphatic carbocycles. The van der Waals surface area contributed by atoms with Crippen LogP contribution in [0.4, 0.5) is 0 Å². The van der Waals surface area contributed by atoms with E-state index in [0.29, 0.717) is 11.1 Å². The first-order chi connectivity index (χ1) is 7.98. The lowest BCUT2D eigenvalue weighted by Gasteiger charge is -2.30. The van der Waals surface area contributed by atoms with Gasteiger partial charge < -0.3 is 10.9 Å². The molecular formula is C12H20N4O. The van der Waals surface area contributed by atoms with Crippen LogP contribution in [-0.2, 0) is 19.4 Å². The molecule has 94 valence electrons. The molecule has 0 bridgehead atoms. The molecule has 1 aliphatic rings. The fraction of sp³-hybridized carbons (Fsp3) is 0.667. The summed E-state index contributed by atoms with van der Waals surface area (Å²) in [6, 6.07) is 0. The second kappa shape index (κ2) is 4.05. The Kier molecular flexibility index (Phi) is 2.85. The van der Waals surface area contributed by atoms with Crippen LogP contribution >= 0.6 is 0 Å². The Morgan fingerprint density at radius 3 is 2.88 bits per heavy atom. The number of nitrogens with zero attached hydrogens (tertiary/aromatic N) is 3. The molecule has 0 spiro atoms. The average molecular weight is 236 g/mol. The summed E-state index contributed by atoms with van der Waals surface area (Å²) >= 11 is 0. The number of oxime groups is 1. The Hall–Kier alpha value is -1.52. The van der Waals surface area contributed by atoms with E-state index in [1.54, 1.807) is 0 Å². The largest absolute Gasteiger partial charge is 0.409 e. The van der Waals surface area contributed by atoms with Crippen LogP contribution < -0.4 is 5.73 Å². The van der Waals surface area contributed by atoms with Crippen LogP contribution in [0.25, 0.3) is 0 Å². The molecule has 0 saturated heterocycles. The Morgan fingerprint density at radius 2 is 2.29 bits per heavy atom. The van der Waals surface area contributed by atoms with Crippen LogP contribution in [0.15, 0.2) is 5.16 Å². The number of aromatic nitrogens is 2. The number of nitrogens with two attached hydrogens (primary N) is 1. The van der Waals surface area contributed by atoms with Gasteiger partial charge in [0, 0.05) is 17.8 Å². The first-order valence-electron chi connectivity index (χ1n) is 6.05. The van der Waals surface area contributed by atoms with Gasteiger partial charge in [0.25, 0.3) is 0 Å². The third-order valence-corrected chi connectivity index (χ3v) is 3.51. The number of fused-ring (bicyclic) bond motifs is 1. The van der Waals surface area contributed by atoms with Crippen LogP contribution in [0, 0.1) is 5.41 Å². The van der Waals surface area contributed by atoms with Gasteiger partial charge >= 0.3 is 0 Å². The first kappa shape index (κ1) is 12.0. The molecule has 2 rings (SSSR count). The third kappa shape index (κ3) is 2.01. The second-order valence-corrected chi connectivity index (χ2v) is 5.42. The topological polar surface area (TPSA) is 76.4 Å². The van der Waals surface area contributed by atoms with Crippen molar-refractivity contribution in [1.82, 2.24) is 9.78 Å². The van der Waals surface area contributed by atoms with E-state index in [2.05, 4.69) is 31.0 Å². The molecule has 0 fully saturated rings. The van der Waals surface area contributed by atoms with Gasteiger partial charge in [-0.1, -0.05) is 19.0 Å². The zero-order valence-corrected chi connectivity index (χ0v) is 10.7. The number of hydrogen-bond acceptors (Lipinski definition) is 3. The van der Waals surface area contributed by atoms with Crippen molar-refractivity contribution >= 4 is 5.84 Å². The molecule has 0 aliphatic heterocycles. The maximum absolute atomic E-state index is 8.79. The van der Waals surface area contributed by atoms with E-state index >= 15 is 0 Å². The molecule has 17 heavy (non-hydrogen) atoms. The summed E-state index contributed by atoms with van der Waals surface area (Å²) in [5.74, 6) is 0.119. The summed E-state index contributed by atoms with van der Waals surface area (Å²) in [5.41, 5.74) is 9.03. The number of aryl methyl sites for hydroxylation is 1. The van der Waals surface area contributed by atoms with Crippen LogP contribution in [0.1, 0.15) is 44.1 Å². The standard InChI is InChI=1S/C12H20N4O/c1-4-16-9-7-12(2,3)6-5-8(9)10(14-16)11(13)15-17/h17H,4-7H2,1-3H3,(H2,13,15). The molecule has 0 amide bonds. The van der Waals surface area contributed by atoms with Crippen LogP contribution in [0.3, 0.4) is 0 Å². The Bertz CT molecular complexity index is 459. The van der Waals surface area contributed by atoms with Gasteiger partial charge in [0.2, 0.25) is 0 Å². The van der Waals surface area contributed by atoms with Crippen LogP contribution in [0.2, 0.25) is 0 Å². The van der Waals surface area contributed by atoms with Crippen LogP contribution in [0.5, 0.6) is 0 Å². The molecule has 3 N–H and O–H groups in total. The fourth-order valence-corrected chi connectivity index (χ4v) is 2.51. The zero-order chi connectivity index (χ0) is 12.6. The summed E-state index contributed by atoms with van der Waals surface area (Å²) in [5, 5.41) is 16.3. The van der Waals surface area contributed by atoms with Gasteiger partial charge in [0.05, 0.1) is 0 Å². The molecule has 0 unspecified atom stereocenters. The molecule has 1 heterocycles. The van der Waals surface area contributed by atoms with E-state index in [0.717, 1.165) is 31.4 Å². The van der Waals surface area contributed by atoms with E-state index in [-0.39, 0.29) is 5.84 Å². The fourth-order valence-electron chi connectivity index (χ4n) is 2.51. The Labute approximate surface area is 101 Å². The molecular weight excluding hydrogens is 216 g/mol. The van der Waals surface area contributed by atoms with Crippen molar-refractivity contribution in [3.8, 4) is 0 Å². The summed E-state index contributed by atoms with van der Waals surface area (Å²) in [6.07, 6.45) is 3.07. The molecule has 0 aromatic carbocycles. The molecule has 0 atom stereocenters. The lowest BCUT2D eigenvalue weighted by Crippen LogP contribution is -2.25. The van der Waals surface area contributed by atoms with Gasteiger partial charge in [-0.15, -0.1) is 0 Å². The highest BCUT2D eigenvalue weighted by Crippen LogP contribution is 2.36. The minimum absolute atomic E-state index is 0.119. The minimum Gasteiger partial charge on any atom is -0.409 e. The molecule has 5 nitrogen and oxygen atoms in total. The predicted octanol–water partition coefficient (Wildman–Crippen LogP) is 1.51. The van der Waals surface area contributed by atoms with Gasteiger partial charge in [-0.05, 0) is 31.6 Å². The van der Waals surface area contributed by atoms with Gasteiger partial charge in [-0.25, -0.2) is 0 Å². The summed E-state index contributed by atoms with van der Waals surface area (Å²) in [7, 11) is 0. The maximum Gasteiger partial charge on any atom is 0.190 e. The quantitative estimate of drug-likeness (QED) is 0.354. The summed E-state index contributed by atoms with van der Waals surface area (Å²) in [6.45, 7) is 7.42. The van der Waals surface area contributed by atoms with Crippen molar-refractivity contribution in [2.45, 2.75) is 46.6 Å². The van der Waals surface area contributed by atoms with E-state index in [4.69, 9.17) is 10.9 Å². The molecule has 5 heteroatoms.